The van der Waals surface area contributed by atoms with E-state index in [4.69, 9.17) is 4.42 Å². The maximum atomic E-state index is 13.0. The zero-order valence-corrected chi connectivity index (χ0v) is 18.2. The Morgan fingerprint density at radius 2 is 1.90 bits per heavy atom. The SMILES string of the molecule is CN(c1ccccc1)S(=O)(=O)c1cccc(NC(=O)Cc2csc(-c3ccco3)n2)c1. The molecule has 0 aliphatic carbocycles. The number of furan rings is 1. The van der Waals surface area contributed by atoms with Crippen molar-refractivity contribution in [2.45, 2.75) is 11.3 Å². The summed E-state index contributed by atoms with van der Waals surface area (Å²) in [7, 11) is -2.28. The number of benzene rings is 2. The third-order valence-electron chi connectivity index (χ3n) is 4.52. The molecule has 1 N–H and O–H groups in total. The number of thiazole rings is 1. The lowest BCUT2D eigenvalue weighted by Gasteiger charge is -2.19. The van der Waals surface area contributed by atoms with Gasteiger partial charge in [-0.3, -0.25) is 9.10 Å². The number of anilines is 2. The van der Waals surface area contributed by atoms with Crippen LogP contribution in [0.5, 0.6) is 0 Å². The largest absolute Gasteiger partial charge is 0.462 e. The van der Waals surface area contributed by atoms with E-state index in [9.17, 15) is 13.2 Å². The molecule has 0 saturated heterocycles. The second-order valence-corrected chi connectivity index (χ2v) is 9.51. The second-order valence-electron chi connectivity index (χ2n) is 6.68. The van der Waals surface area contributed by atoms with Gasteiger partial charge in [0.2, 0.25) is 5.91 Å². The summed E-state index contributed by atoms with van der Waals surface area (Å²) < 4.78 is 32.5. The van der Waals surface area contributed by atoms with Gasteiger partial charge in [-0.1, -0.05) is 24.3 Å². The molecular formula is C22H19N3O4S2. The number of carbonyl (C=O) groups excluding carboxylic acids is 1. The highest BCUT2D eigenvalue weighted by Crippen LogP contribution is 2.25. The van der Waals surface area contributed by atoms with Crippen molar-refractivity contribution in [3.05, 3.63) is 84.1 Å². The molecule has 0 spiro atoms. The number of para-hydroxylation sites is 1. The van der Waals surface area contributed by atoms with Crippen LogP contribution in [0.25, 0.3) is 10.8 Å². The average molecular weight is 454 g/mol. The summed E-state index contributed by atoms with van der Waals surface area (Å²) in [6, 6.07) is 18.6. The van der Waals surface area contributed by atoms with Gasteiger partial charge in [-0.25, -0.2) is 13.4 Å². The standard InChI is InChI=1S/C22H19N3O4S2/c1-25(18-8-3-2-4-9-18)31(27,28)19-10-5-7-16(13-19)23-21(26)14-17-15-30-22(24-17)20-11-6-12-29-20/h2-13,15H,14H2,1H3,(H,23,26). The van der Waals surface area contributed by atoms with E-state index < -0.39 is 10.0 Å². The van der Waals surface area contributed by atoms with E-state index in [1.165, 1.54) is 34.8 Å². The van der Waals surface area contributed by atoms with Gasteiger partial charge in [0, 0.05) is 18.1 Å². The lowest BCUT2D eigenvalue weighted by atomic mass is 10.3. The molecule has 4 aromatic rings. The van der Waals surface area contributed by atoms with Crippen molar-refractivity contribution in [2.75, 3.05) is 16.7 Å². The highest BCUT2D eigenvalue weighted by molar-refractivity contribution is 7.92. The summed E-state index contributed by atoms with van der Waals surface area (Å²) in [5.41, 5.74) is 1.56. The van der Waals surface area contributed by atoms with E-state index in [0.29, 0.717) is 27.8 Å². The highest BCUT2D eigenvalue weighted by Gasteiger charge is 2.21. The van der Waals surface area contributed by atoms with Gasteiger partial charge in [0.25, 0.3) is 10.0 Å². The smallest absolute Gasteiger partial charge is 0.264 e. The maximum absolute atomic E-state index is 13.0. The molecule has 2 heterocycles. The Bertz CT molecular complexity index is 1280. The van der Waals surface area contributed by atoms with Gasteiger partial charge in [-0.2, -0.15) is 0 Å². The molecule has 2 aromatic carbocycles. The number of amides is 1. The number of aromatic nitrogens is 1. The average Bonchev–Trinajstić information content (AvgIpc) is 3.46. The van der Waals surface area contributed by atoms with Gasteiger partial charge in [0.1, 0.15) is 0 Å². The normalized spacial score (nSPS) is 11.3. The van der Waals surface area contributed by atoms with Gasteiger partial charge in [-0.05, 0) is 42.5 Å². The molecule has 158 valence electrons. The lowest BCUT2D eigenvalue weighted by molar-refractivity contribution is -0.115. The van der Waals surface area contributed by atoms with Gasteiger partial charge < -0.3 is 9.73 Å². The summed E-state index contributed by atoms with van der Waals surface area (Å²) in [5.74, 6) is 0.361. The van der Waals surface area contributed by atoms with Crippen LogP contribution < -0.4 is 9.62 Å². The Kier molecular flexibility index (Phi) is 5.88. The first-order valence-electron chi connectivity index (χ1n) is 9.36. The fourth-order valence-corrected chi connectivity index (χ4v) is 4.97. The number of rotatable bonds is 7. The fourth-order valence-electron chi connectivity index (χ4n) is 2.94. The minimum absolute atomic E-state index is 0.0676. The topological polar surface area (TPSA) is 92.5 Å². The third kappa shape index (κ3) is 4.68. The van der Waals surface area contributed by atoms with Gasteiger partial charge in [0.05, 0.1) is 29.0 Å². The fraction of sp³-hybridized carbons (Fsp3) is 0.0909. The quantitative estimate of drug-likeness (QED) is 0.447. The predicted octanol–water partition coefficient (Wildman–Crippen LogP) is 4.41. The molecule has 1 amide bonds. The van der Waals surface area contributed by atoms with Crippen LogP contribution in [0.3, 0.4) is 0 Å². The van der Waals surface area contributed by atoms with Crippen molar-refractivity contribution in [2.24, 2.45) is 0 Å². The van der Waals surface area contributed by atoms with E-state index in [-0.39, 0.29) is 17.2 Å². The molecule has 0 saturated carbocycles. The number of hydrogen-bond acceptors (Lipinski definition) is 6. The minimum atomic E-state index is -3.77. The van der Waals surface area contributed by atoms with Crippen LogP contribution >= 0.6 is 11.3 Å². The molecule has 4 rings (SSSR count). The minimum Gasteiger partial charge on any atom is -0.462 e. The number of carbonyl (C=O) groups is 1. The summed E-state index contributed by atoms with van der Waals surface area (Å²) in [6.07, 6.45) is 1.64. The van der Waals surface area contributed by atoms with E-state index in [1.54, 1.807) is 60.2 Å². The molecule has 31 heavy (non-hydrogen) atoms. The van der Waals surface area contributed by atoms with Crippen molar-refractivity contribution < 1.29 is 17.6 Å². The molecule has 0 bridgehead atoms. The van der Waals surface area contributed by atoms with Crippen molar-refractivity contribution in [3.8, 4) is 10.8 Å². The van der Waals surface area contributed by atoms with Gasteiger partial charge >= 0.3 is 0 Å². The van der Waals surface area contributed by atoms with Crippen LogP contribution in [0.4, 0.5) is 11.4 Å². The molecule has 0 aliphatic heterocycles. The Balaban J connectivity index is 1.46. The Labute approximate surface area is 184 Å². The molecule has 0 radical (unpaired) electrons. The van der Waals surface area contributed by atoms with Crippen molar-refractivity contribution in [1.29, 1.82) is 0 Å². The molecule has 0 unspecified atom stereocenters. The number of nitrogens with zero attached hydrogens (tertiary/aromatic N) is 2. The van der Waals surface area contributed by atoms with Crippen LogP contribution in [0.2, 0.25) is 0 Å². The molecule has 0 atom stereocenters. The molecule has 2 aromatic heterocycles. The summed E-state index contributed by atoms with van der Waals surface area (Å²) in [5, 5.41) is 5.24. The monoisotopic (exact) mass is 453 g/mol. The molecular weight excluding hydrogens is 434 g/mol. The van der Waals surface area contributed by atoms with Gasteiger partial charge in [-0.15, -0.1) is 11.3 Å². The van der Waals surface area contributed by atoms with E-state index in [1.807, 2.05) is 6.07 Å². The zero-order chi connectivity index (χ0) is 21.8. The number of nitrogens with one attached hydrogen (secondary N) is 1. The van der Waals surface area contributed by atoms with Crippen LogP contribution in [-0.2, 0) is 21.2 Å². The van der Waals surface area contributed by atoms with Crippen molar-refractivity contribution >= 4 is 38.6 Å². The zero-order valence-electron chi connectivity index (χ0n) is 16.6. The first-order valence-corrected chi connectivity index (χ1v) is 11.7. The Morgan fingerprint density at radius 3 is 2.65 bits per heavy atom. The molecule has 0 fully saturated rings. The third-order valence-corrected chi connectivity index (χ3v) is 7.21. The molecule has 9 heteroatoms. The first kappa shape index (κ1) is 20.8. The van der Waals surface area contributed by atoms with Crippen LogP contribution in [0.1, 0.15) is 5.69 Å². The van der Waals surface area contributed by atoms with Crippen LogP contribution in [-0.4, -0.2) is 26.4 Å². The van der Waals surface area contributed by atoms with Crippen molar-refractivity contribution in [3.63, 3.8) is 0 Å². The molecule has 7 nitrogen and oxygen atoms in total. The molecule has 0 aliphatic rings. The van der Waals surface area contributed by atoms with Gasteiger partial charge in [0.15, 0.2) is 10.8 Å². The summed E-state index contributed by atoms with van der Waals surface area (Å²) in [6.45, 7) is 0. The van der Waals surface area contributed by atoms with Crippen molar-refractivity contribution in [1.82, 2.24) is 4.98 Å². The van der Waals surface area contributed by atoms with E-state index in [0.717, 1.165) is 0 Å². The second kappa shape index (κ2) is 8.75. The highest BCUT2D eigenvalue weighted by atomic mass is 32.2. The number of sulfonamides is 1. The Hall–Kier alpha value is -3.43. The van der Waals surface area contributed by atoms with E-state index >= 15 is 0 Å². The summed E-state index contributed by atoms with van der Waals surface area (Å²) in [4.78, 5) is 17.0. The predicted molar refractivity (Wildman–Crippen MR) is 121 cm³/mol. The first-order chi connectivity index (χ1) is 14.9. The Morgan fingerprint density at radius 1 is 1.10 bits per heavy atom. The van der Waals surface area contributed by atoms with Crippen LogP contribution in [0.15, 0.2) is 87.7 Å². The number of hydrogen-bond donors (Lipinski definition) is 1. The maximum Gasteiger partial charge on any atom is 0.264 e. The van der Waals surface area contributed by atoms with E-state index in [2.05, 4.69) is 10.3 Å². The summed E-state index contributed by atoms with van der Waals surface area (Å²) >= 11 is 1.39. The lowest BCUT2D eigenvalue weighted by Crippen LogP contribution is -2.26. The van der Waals surface area contributed by atoms with Crippen LogP contribution in [0, 0.1) is 0 Å².